The Morgan fingerprint density at radius 1 is 1.29 bits per heavy atom. The first-order valence-electron chi connectivity index (χ1n) is 5.92. The number of rotatable bonds is 5. The standard InChI is InChI=1S/C14H23NOS/c1-9-8-12(13(15)6-7-17-5)10(2)11(3)14(9)16-4/h8,13H,6-7,15H2,1-5H3. The van der Waals surface area contributed by atoms with Crippen LogP contribution in [0, 0.1) is 20.8 Å². The van der Waals surface area contributed by atoms with Crippen LogP contribution in [0.2, 0.25) is 0 Å². The number of methoxy groups -OCH3 is 1. The zero-order chi connectivity index (χ0) is 13.0. The summed E-state index contributed by atoms with van der Waals surface area (Å²) in [4.78, 5) is 0. The van der Waals surface area contributed by atoms with Crippen LogP contribution in [0.1, 0.15) is 34.7 Å². The van der Waals surface area contributed by atoms with E-state index in [2.05, 4.69) is 33.1 Å². The molecule has 1 rings (SSSR count). The van der Waals surface area contributed by atoms with Crippen molar-refractivity contribution in [2.75, 3.05) is 19.1 Å². The van der Waals surface area contributed by atoms with Gasteiger partial charge in [0, 0.05) is 6.04 Å². The normalized spacial score (nSPS) is 12.6. The molecule has 0 amide bonds. The fourth-order valence-electron chi connectivity index (χ4n) is 2.19. The Labute approximate surface area is 109 Å². The van der Waals surface area contributed by atoms with Gasteiger partial charge >= 0.3 is 0 Å². The number of hydrogen-bond acceptors (Lipinski definition) is 3. The van der Waals surface area contributed by atoms with Crippen LogP contribution in [0.25, 0.3) is 0 Å². The Morgan fingerprint density at radius 3 is 2.47 bits per heavy atom. The van der Waals surface area contributed by atoms with E-state index in [0.717, 1.165) is 17.9 Å². The maximum atomic E-state index is 6.26. The molecule has 0 aliphatic heterocycles. The lowest BCUT2D eigenvalue weighted by Crippen LogP contribution is -2.14. The van der Waals surface area contributed by atoms with Crippen molar-refractivity contribution in [3.05, 3.63) is 28.3 Å². The van der Waals surface area contributed by atoms with Gasteiger partial charge in [-0.1, -0.05) is 6.07 Å². The molecule has 0 bridgehead atoms. The average molecular weight is 253 g/mol. The number of hydrogen-bond donors (Lipinski definition) is 1. The molecule has 0 heterocycles. The minimum atomic E-state index is 0.130. The first-order chi connectivity index (χ1) is 8.02. The number of nitrogens with two attached hydrogens (primary N) is 1. The van der Waals surface area contributed by atoms with Gasteiger partial charge < -0.3 is 10.5 Å². The number of benzene rings is 1. The van der Waals surface area contributed by atoms with E-state index in [9.17, 15) is 0 Å². The number of thioether (sulfide) groups is 1. The summed E-state index contributed by atoms with van der Waals surface area (Å²) < 4.78 is 5.43. The van der Waals surface area contributed by atoms with Gasteiger partial charge in [-0.05, 0) is 61.5 Å². The van der Waals surface area contributed by atoms with E-state index in [-0.39, 0.29) is 6.04 Å². The van der Waals surface area contributed by atoms with Crippen molar-refractivity contribution in [3.63, 3.8) is 0 Å². The monoisotopic (exact) mass is 253 g/mol. The molecule has 0 aromatic heterocycles. The highest BCUT2D eigenvalue weighted by Gasteiger charge is 2.15. The van der Waals surface area contributed by atoms with Gasteiger partial charge in [0.15, 0.2) is 0 Å². The topological polar surface area (TPSA) is 35.2 Å². The molecule has 0 fully saturated rings. The van der Waals surface area contributed by atoms with Crippen molar-refractivity contribution >= 4 is 11.8 Å². The summed E-state index contributed by atoms with van der Waals surface area (Å²) in [6, 6.07) is 2.30. The summed E-state index contributed by atoms with van der Waals surface area (Å²) >= 11 is 1.84. The fourth-order valence-corrected chi connectivity index (χ4v) is 2.68. The molecule has 1 aromatic carbocycles. The molecular formula is C14H23NOS. The summed E-state index contributed by atoms with van der Waals surface area (Å²) in [6.07, 6.45) is 3.14. The summed E-state index contributed by atoms with van der Waals surface area (Å²) in [5, 5.41) is 0. The Kier molecular flexibility index (Phi) is 5.34. The molecule has 1 atom stereocenters. The van der Waals surface area contributed by atoms with E-state index in [1.165, 1.54) is 22.3 Å². The summed E-state index contributed by atoms with van der Waals surface area (Å²) in [6.45, 7) is 6.31. The lowest BCUT2D eigenvalue weighted by atomic mass is 9.93. The third-order valence-electron chi connectivity index (χ3n) is 3.30. The molecule has 0 spiro atoms. The molecule has 0 saturated heterocycles. The van der Waals surface area contributed by atoms with Gasteiger partial charge in [0.05, 0.1) is 7.11 Å². The number of ether oxygens (including phenoxy) is 1. The van der Waals surface area contributed by atoms with Gasteiger partial charge in [0.25, 0.3) is 0 Å². The molecule has 0 radical (unpaired) electrons. The van der Waals surface area contributed by atoms with Gasteiger partial charge in [-0.15, -0.1) is 0 Å². The van der Waals surface area contributed by atoms with Gasteiger partial charge in [0.2, 0.25) is 0 Å². The SMILES string of the molecule is COc1c(C)cc(C(N)CCSC)c(C)c1C. The van der Waals surface area contributed by atoms with Crippen molar-refractivity contribution in [1.82, 2.24) is 0 Å². The van der Waals surface area contributed by atoms with E-state index in [0.29, 0.717) is 0 Å². The predicted octanol–water partition coefficient (Wildman–Crippen LogP) is 3.37. The second kappa shape index (κ2) is 6.31. The summed E-state index contributed by atoms with van der Waals surface area (Å²) in [7, 11) is 1.72. The first-order valence-corrected chi connectivity index (χ1v) is 7.31. The van der Waals surface area contributed by atoms with E-state index in [1.807, 2.05) is 11.8 Å². The van der Waals surface area contributed by atoms with Crippen molar-refractivity contribution in [3.8, 4) is 5.75 Å². The lowest BCUT2D eigenvalue weighted by molar-refractivity contribution is 0.407. The third kappa shape index (κ3) is 3.17. The summed E-state index contributed by atoms with van der Waals surface area (Å²) in [5.41, 5.74) is 11.2. The fraction of sp³-hybridized carbons (Fsp3) is 0.571. The van der Waals surface area contributed by atoms with Crippen LogP contribution < -0.4 is 10.5 Å². The molecule has 2 nitrogen and oxygen atoms in total. The molecule has 0 aliphatic rings. The predicted molar refractivity (Wildman–Crippen MR) is 77.1 cm³/mol. The minimum Gasteiger partial charge on any atom is -0.496 e. The van der Waals surface area contributed by atoms with Crippen LogP contribution >= 0.6 is 11.8 Å². The molecule has 0 aliphatic carbocycles. The molecular weight excluding hydrogens is 230 g/mol. The zero-order valence-corrected chi connectivity index (χ0v) is 12.3. The van der Waals surface area contributed by atoms with Crippen molar-refractivity contribution < 1.29 is 4.74 Å². The second-order valence-electron chi connectivity index (χ2n) is 4.45. The van der Waals surface area contributed by atoms with Crippen molar-refractivity contribution in [2.24, 2.45) is 5.73 Å². The molecule has 17 heavy (non-hydrogen) atoms. The molecule has 0 saturated carbocycles. The van der Waals surface area contributed by atoms with Gasteiger partial charge in [-0.3, -0.25) is 0 Å². The van der Waals surface area contributed by atoms with E-state index >= 15 is 0 Å². The quantitative estimate of drug-likeness (QED) is 0.874. The smallest absolute Gasteiger partial charge is 0.124 e. The Balaban J connectivity index is 3.09. The highest BCUT2D eigenvalue weighted by atomic mass is 32.2. The highest BCUT2D eigenvalue weighted by molar-refractivity contribution is 7.98. The lowest BCUT2D eigenvalue weighted by Gasteiger charge is -2.20. The Hall–Kier alpha value is -0.670. The van der Waals surface area contributed by atoms with Crippen LogP contribution in [-0.4, -0.2) is 19.1 Å². The van der Waals surface area contributed by atoms with Crippen LogP contribution in [0.3, 0.4) is 0 Å². The third-order valence-corrected chi connectivity index (χ3v) is 3.95. The first kappa shape index (κ1) is 14.4. The van der Waals surface area contributed by atoms with Crippen molar-refractivity contribution in [1.29, 1.82) is 0 Å². The molecule has 1 unspecified atom stereocenters. The second-order valence-corrected chi connectivity index (χ2v) is 5.44. The van der Waals surface area contributed by atoms with E-state index in [4.69, 9.17) is 10.5 Å². The summed E-state index contributed by atoms with van der Waals surface area (Å²) in [5.74, 6) is 2.09. The zero-order valence-electron chi connectivity index (χ0n) is 11.5. The van der Waals surface area contributed by atoms with Gasteiger partial charge in [0.1, 0.15) is 5.75 Å². The molecule has 1 aromatic rings. The minimum absolute atomic E-state index is 0.130. The van der Waals surface area contributed by atoms with Crippen LogP contribution in [-0.2, 0) is 0 Å². The molecule has 3 heteroatoms. The Bertz CT molecular complexity index is 390. The van der Waals surface area contributed by atoms with Gasteiger partial charge in [-0.25, -0.2) is 0 Å². The van der Waals surface area contributed by atoms with E-state index in [1.54, 1.807) is 7.11 Å². The van der Waals surface area contributed by atoms with Crippen molar-refractivity contribution in [2.45, 2.75) is 33.2 Å². The highest BCUT2D eigenvalue weighted by Crippen LogP contribution is 2.31. The molecule has 96 valence electrons. The Morgan fingerprint density at radius 2 is 1.94 bits per heavy atom. The maximum absolute atomic E-state index is 6.26. The van der Waals surface area contributed by atoms with Crippen LogP contribution in [0.5, 0.6) is 5.75 Å². The van der Waals surface area contributed by atoms with Crippen LogP contribution in [0.15, 0.2) is 6.07 Å². The molecule has 2 N–H and O–H groups in total. The maximum Gasteiger partial charge on any atom is 0.124 e. The van der Waals surface area contributed by atoms with E-state index < -0.39 is 0 Å². The average Bonchev–Trinajstić information content (AvgIpc) is 2.31. The van der Waals surface area contributed by atoms with Crippen LogP contribution in [0.4, 0.5) is 0 Å². The largest absolute Gasteiger partial charge is 0.496 e. The van der Waals surface area contributed by atoms with Gasteiger partial charge in [-0.2, -0.15) is 11.8 Å². The number of aryl methyl sites for hydroxylation is 1.